The van der Waals surface area contributed by atoms with Crippen molar-refractivity contribution in [3.63, 3.8) is 0 Å². The fourth-order valence-electron chi connectivity index (χ4n) is 0.737. The Kier molecular flexibility index (Phi) is 4.37. The molecule has 0 spiro atoms. The average Bonchev–Trinajstić information content (AvgIpc) is 2.04. The number of nitrogens with two attached hydrogens (primary N) is 1. The van der Waals surface area contributed by atoms with Gasteiger partial charge in [-0.25, -0.2) is 5.84 Å². The minimum absolute atomic E-state index is 0.0729. The summed E-state index contributed by atoms with van der Waals surface area (Å²) in [7, 11) is 0. The Morgan fingerprint density at radius 2 is 1.91 bits per heavy atom. The van der Waals surface area contributed by atoms with E-state index in [0.29, 0.717) is 5.11 Å². The van der Waals surface area contributed by atoms with Gasteiger partial charge in [0.05, 0.1) is 0 Å². The molecule has 0 bridgehead atoms. The molecule has 0 aromatic carbocycles. The summed E-state index contributed by atoms with van der Waals surface area (Å²) in [5.74, 6) is 5.13. The zero-order chi connectivity index (χ0) is 8.91. The van der Waals surface area contributed by atoms with Crippen LogP contribution in [0.15, 0.2) is 0 Å². The molecule has 0 atom stereocenters. The minimum atomic E-state index is 0.0729. The van der Waals surface area contributed by atoms with Gasteiger partial charge in [-0.3, -0.25) is 0 Å². The lowest BCUT2D eigenvalue weighted by molar-refractivity contribution is 0.387. The van der Waals surface area contributed by atoms with E-state index in [-0.39, 0.29) is 5.54 Å². The fraction of sp³-hybridized carbons (Fsp3) is 0.857. The van der Waals surface area contributed by atoms with Gasteiger partial charge in [0, 0.05) is 5.54 Å². The van der Waals surface area contributed by atoms with Crippen LogP contribution in [0.25, 0.3) is 0 Å². The summed E-state index contributed by atoms with van der Waals surface area (Å²) >= 11 is 4.89. The third-order valence-electron chi connectivity index (χ3n) is 2.11. The predicted octanol–water partition coefficient (Wildman–Crippen LogP) is 0.903. The highest BCUT2D eigenvalue weighted by molar-refractivity contribution is 7.80. The standard InChI is InChI=1S/C7H17N3S/c1-4-7(3,5-2)9-6(11)10-8/h4-5,8H2,1-3H3,(H2,9,10,11). The van der Waals surface area contributed by atoms with Crippen LogP contribution in [0.4, 0.5) is 0 Å². The molecule has 66 valence electrons. The summed E-state index contributed by atoms with van der Waals surface area (Å²) in [5.41, 5.74) is 2.48. The summed E-state index contributed by atoms with van der Waals surface area (Å²) in [5, 5.41) is 3.65. The molecule has 4 heteroatoms. The van der Waals surface area contributed by atoms with E-state index in [2.05, 4.69) is 31.5 Å². The van der Waals surface area contributed by atoms with Crippen molar-refractivity contribution in [3.8, 4) is 0 Å². The van der Waals surface area contributed by atoms with Crippen LogP contribution in [-0.4, -0.2) is 10.7 Å². The second-order valence-corrected chi connectivity index (χ2v) is 3.27. The molecule has 0 rings (SSSR count). The van der Waals surface area contributed by atoms with E-state index in [0.717, 1.165) is 12.8 Å². The maximum Gasteiger partial charge on any atom is 0.181 e. The minimum Gasteiger partial charge on any atom is -0.357 e. The van der Waals surface area contributed by atoms with Crippen LogP contribution < -0.4 is 16.6 Å². The van der Waals surface area contributed by atoms with E-state index < -0.39 is 0 Å². The lowest BCUT2D eigenvalue weighted by atomic mass is 9.96. The third-order valence-corrected chi connectivity index (χ3v) is 2.33. The van der Waals surface area contributed by atoms with Gasteiger partial charge in [-0.15, -0.1) is 0 Å². The highest BCUT2D eigenvalue weighted by atomic mass is 32.1. The van der Waals surface area contributed by atoms with Crippen molar-refractivity contribution in [1.82, 2.24) is 10.7 Å². The Hall–Kier alpha value is -0.350. The van der Waals surface area contributed by atoms with Crippen molar-refractivity contribution in [2.45, 2.75) is 39.2 Å². The summed E-state index contributed by atoms with van der Waals surface area (Å²) < 4.78 is 0. The van der Waals surface area contributed by atoms with Gasteiger partial charge in [0.15, 0.2) is 5.11 Å². The highest BCUT2D eigenvalue weighted by Crippen LogP contribution is 2.12. The van der Waals surface area contributed by atoms with E-state index in [1.807, 2.05) is 0 Å². The smallest absolute Gasteiger partial charge is 0.181 e. The van der Waals surface area contributed by atoms with E-state index in [1.54, 1.807) is 0 Å². The molecular weight excluding hydrogens is 158 g/mol. The zero-order valence-corrected chi connectivity index (χ0v) is 8.22. The van der Waals surface area contributed by atoms with Crippen LogP contribution in [0.2, 0.25) is 0 Å². The van der Waals surface area contributed by atoms with E-state index >= 15 is 0 Å². The second kappa shape index (κ2) is 4.51. The first-order valence-corrected chi connectivity index (χ1v) is 4.27. The summed E-state index contributed by atoms with van der Waals surface area (Å²) in [4.78, 5) is 0. The maximum absolute atomic E-state index is 5.13. The first kappa shape index (κ1) is 10.7. The quantitative estimate of drug-likeness (QED) is 0.339. The van der Waals surface area contributed by atoms with Crippen molar-refractivity contribution in [2.75, 3.05) is 0 Å². The van der Waals surface area contributed by atoms with Crippen molar-refractivity contribution in [3.05, 3.63) is 0 Å². The fourth-order valence-corrected chi connectivity index (χ4v) is 0.983. The average molecular weight is 175 g/mol. The topological polar surface area (TPSA) is 50.1 Å². The van der Waals surface area contributed by atoms with Gasteiger partial charge in [-0.1, -0.05) is 13.8 Å². The van der Waals surface area contributed by atoms with Crippen LogP contribution in [0, 0.1) is 0 Å². The number of hydrazine groups is 1. The molecule has 0 aromatic rings. The largest absolute Gasteiger partial charge is 0.357 e. The maximum atomic E-state index is 5.13. The molecule has 0 aliphatic carbocycles. The lowest BCUT2D eigenvalue weighted by Gasteiger charge is -2.29. The Labute approximate surface area is 73.7 Å². The van der Waals surface area contributed by atoms with Crippen molar-refractivity contribution < 1.29 is 0 Å². The Morgan fingerprint density at radius 1 is 1.45 bits per heavy atom. The summed E-state index contributed by atoms with van der Waals surface area (Å²) in [6.45, 7) is 6.36. The molecule has 0 saturated heterocycles. The number of hydrogen-bond donors (Lipinski definition) is 3. The van der Waals surface area contributed by atoms with Crippen LogP contribution >= 0.6 is 12.2 Å². The number of rotatable bonds is 3. The van der Waals surface area contributed by atoms with Crippen LogP contribution in [-0.2, 0) is 0 Å². The van der Waals surface area contributed by atoms with Crippen molar-refractivity contribution >= 4 is 17.3 Å². The number of hydrogen-bond acceptors (Lipinski definition) is 2. The van der Waals surface area contributed by atoms with Crippen LogP contribution in [0.1, 0.15) is 33.6 Å². The van der Waals surface area contributed by atoms with E-state index in [1.165, 1.54) is 0 Å². The monoisotopic (exact) mass is 175 g/mol. The van der Waals surface area contributed by atoms with Gasteiger partial charge >= 0.3 is 0 Å². The molecule has 0 radical (unpaired) electrons. The van der Waals surface area contributed by atoms with Crippen LogP contribution in [0.5, 0.6) is 0 Å². The Balaban J connectivity index is 3.96. The zero-order valence-electron chi connectivity index (χ0n) is 7.40. The molecule has 0 heterocycles. The Morgan fingerprint density at radius 3 is 2.18 bits per heavy atom. The molecular formula is C7H17N3S. The van der Waals surface area contributed by atoms with Gasteiger partial charge in [-0.2, -0.15) is 0 Å². The molecule has 0 unspecified atom stereocenters. The first-order chi connectivity index (χ1) is 5.08. The van der Waals surface area contributed by atoms with Gasteiger partial charge < -0.3 is 10.7 Å². The second-order valence-electron chi connectivity index (χ2n) is 2.87. The normalized spacial score (nSPS) is 10.9. The first-order valence-electron chi connectivity index (χ1n) is 3.86. The number of thiocarbonyl (C=S) groups is 1. The van der Waals surface area contributed by atoms with Crippen LogP contribution in [0.3, 0.4) is 0 Å². The third kappa shape index (κ3) is 3.53. The SMILES string of the molecule is CCC(C)(CC)NC(=S)NN. The molecule has 11 heavy (non-hydrogen) atoms. The highest BCUT2D eigenvalue weighted by Gasteiger charge is 2.19. The molecule has 0 aromatic heterocycles. The molecule has 0 fully saturated rings. The van der Waals surface area contributed by atoms with Crippen molar-refractivity contribution in [1.29, 1.82) is 0 Å². The molecule has 3 nitrogen and oxygen atoms in total. The van der Waals surface area contributed by atoms with E-state index in [4.69, 9.17) is 18.1 Å². The number of nitrogens with one attached hydrogen (secondary N) is 2. The van der Waals surface area contributed by atoms with Gasteiger partial charge in [0.2, 0.25) is 0 Å². The van der Waals surface area contributed by atoms with Gasteiger partial charge in [0.25, 0.3) is 0 Å². The molecule has 0 aliphatic rings. The molecule has 0 aliphatic heterocycles. The van der Waals surface area contributed by atoms with Crippen molar-refractivity contribution in [2.24, 2.45) is 5.84 Å². The predicted molar refractivity (Wildman–Crippen MR) is 52.0 cm³/mol. The summed E-state index contributed by atoms with van der Waals surface area (Å²) in [6.07, 6.45) is 2.07. The van der Waals surface area contributed by atoms with Gasteiger partial charge in [-0.05, 0) is 32.0 Å². The molecule has 0 amide bonds. The van der Waals surface area contributed by atoms with E-state index in [9.17, 15) is 0 Å². The summed E-state index contributed by atoms with van der Waals surface area (Å²) in [6, 6.07) is 0. The lowest BCUT2D eigenvalue weighted by Crippen LogP contribution is -2.51. The Bertz CT molecular complexity index is 132. The molecule has 4 N–H and O–H groups in total. The van der Waals surface area contributed by atoms with Gasteiger partial charge in [0.1, 0.15) is 0 Å². The molecule has 0 saturated carbocycles.